The molecule has 3 aromatic rings. The summed E-state index contributed by atoms with van der Waals surface area (Å²) in [6.45, 7) is 3.16. The molecule has 0 N–H and O–H groups in total. The van der Waals surface area contributed by atoms with Crippen molar-refractivity contribution in [2.45, 2.75) is 25.7 Å². The molecule has 5 nitrogen and oxygen atoms in total. The van der Waals surface area contributed by atoms with Crippen LogP contribution in [0.4, 0.5) is 4.39 Å². The van der Waals surface area contributed by atoms with Crippen LogP contribution in [0.15, 0.2) is 51.5 Å². The highest BCUT2D eigenvalue weighted by Crippen LogP contribution is 2.28. The Kier molecular flexibility index (Phi) is 4.32. The van der Waals surface area contributed by atoms with Crippen LogP contribution in [-0.4, -0.2) is 28.9 Å². The van der Waals surface area contributed by atoms with Crippen molar-refractivity contribution in [2.75, 3.05) is 13.1 Å². The molecule has 26 heavy (non-hydrogen) atoms. The van der Waals surface area contributed by atoms with Gasteiger partial charge in [-0.15, -0.1) is 0 Å². The summed E-state index contributed by atoms with van der Waals surface area (Å²) in [5.74, 6) is 1.91. The Morgan fingerprint density at radius 2 is 2.12 bits per heavy atom. The lowest BCUT2D eigenvalue weighted by Gasteiger charge is -2.15. The molecule has 1 amide bonds. The summed E-state index contributed by atoms with van der Waals surface area (Å²) in [7, 11) is 0. The number of carbonyl (C=O) groups excluding carboxylic acids is 1. The van der Waals surface area contributed by atoms with Crippen LogP contribution in [0.2, 0.25) is 0 Å². The van der Waals surface area contributed by atoms with Crippen LogP contribution in [0.3, 0.4) is 0 Å². The minimum Gasteiger partial charge on any atom is -0.469 e. The van der Waals surface area contributed by atoms with Gasteiger partial charge in [0.15, 0.2) is 0 Å². The van der Waals surface area contributed by atoms with Gasteiger partial charge in [-0.25, -0.2) is 9.37 Å². The Hall–Kier alpha value is -2.89. The van der Waals surface area contributed by atoms with Gasteiger partial charge in [0.2, 0.25) is 11.8 Å². The normalized spacial score (nSPS) is 17.0. The van der Waals surface area contributed by atoms with E-state index in [2.05, 4.69) is 4.98 Å². The number of furan rings is 1. The third kappa shape index (κ3) is 3.27. The summed E-state index contributed by atoms with van der Waals surface area (Å²) in [6, 6.07) is 9.77. The molecule has 0 aliphatic carbocycles. The molecule has 1 aromatic carbocycles. The third-order valence-corrected chi connectivity index (χ3v) is 4.79. The fourth-order valence-electron chi connectivity index (χ4n) is 3.31. The minimum absolute atomic E-state index is 0.0288. The van der Waals surface area contributed by atoms with E-state index in [0.29, 0.717) is 36.0 Å². The first kappa shape index (κ1) is 16.6. The predicted molar refractivity (Wildman–Crippen MR) is 93.0 cm³/mol. The second-order valence-corrected chi connectivity index (χ2v) is 6.55. The molecule has 1 saturated heterocycles. The smallest absolute Gasteiger partial charge is 0.228 e. The summed E-state index contributed by atoms with van der Waals surface area (Å²) in [5.41, 5.74) is 1.31. The van der Waals surface area contributed by atoms with Crippen molar-refractivity contribution in [3.05, 3.63) is 65.7 Å². The molecule has 134 valence electrons. The third-order valence-electron chi connectivity index (χ3n) is 4.79. The van der Waals surface area contributed by atoms with Gasteiger partial charge >= 0.3 is 0 Å². The monoisotopic (exact) mass is 354 g/mol. The van der Waals surface area contributed by atoms with Gasteiger partial charge in [-0.1, -0.05) is 0 Å². The van der Waals surface area contributed by atoms with Gasteiger partial charge in [0, 0.05) is 24.6 Å². The summed E-state index contributed by atoms with van der Waals surface area (Å²) >= 11 is 0. The Morgan fingerprint density at radius 3 is 2.85 bits per heavy atom. The van der Waals surface area contributed by atoms with Gasteiger partial charge in [-0.05, 0) is 49.7 Å². The predicted octanol–water partition coefficient (Wildman–Crippen LogP) is 3.94. The van der Waals surface area contributed by atoms with E-state index in [4.69, 9.17) is 8.83 Å². The van der Waals surface area contributed by atoms with Crippen LogP contribution in [0.25, 0.3) is 11.5 Å². The van der Waals surface area contributed by atoms with Crippen LogP contribution in [0.1, 0.15) is 29.6 Å². The summed E-state index contributed by atoms with van der Waals surface area (Å²) in [5, 5.41) is 0. The molecule has 1 unspecified atom stereocenters. The largest absolute Gasteiger partial charge is 0.469 e. The number of hydrogen-bond acceptors (Lipinski definition) is 4. The highest BCUT2D eigenvalue weighted by atomic mass is 19.1. The molecule has 0 saturated carbocycles. The lowest BCUT2D eigenvalue weighted by atomic mass is 10.1. The van der Waals surface area contributed by atoms with E-state index in [1.165, 1.54) is 12.1 Å². The van der Waals surface area contributed by atoms with Crippen LogP contribution in [-0.2, 0) is 11.2 Å². The van der Waals surface area contributed by atoms with E-state index in [-0.39, 0.29) is 24.1 Å². The Balaban J connectivity index is 1.44. The standard InChI is InChI=1S/C20H19FN2O3/c1-13-17(22-20(26-13)14-4-6-16(21)7-5-14)11-19(24)23-9-8-15(12-23)18-3-2-10-25-18/h2-7,10,15H,8-9,11-12H2,1H3. The quantitative estimate of drug-likeness (QED) is 0.712. The number of aromatic nitrogens is 1. The Labute approximate surface area is 150 Å². The maximum absolute atomic E-state index is 13.1. The first-order valence-corrected chi connectivity index (χ1v) is 8.63. The summed E-state index contributed by atoms with van der Waals surface area (Å²) < 4.78 is 24.2. The Morgan fingerprint density at radius 1 is 1.31 bits per heavy atom. The van der Waals surface area contributed by atoms with Gasteiger partial charge in [0.25, 0.3) is 0 Å². The molecule has 4 rings (SSSR count). The molecule has 0 spiro atoms. The molecule has 2 aromatic heterocycles. The summed E-state index contributed by atoms with van der Waals surface area (Å²) in [6.07, 6.45) is 2.76. The van der Waals surface area contributed by atoms with E-state index < -0.39 is 0 Å². The van der Waals surface area contributed by atoms with Gasteiger partial charge in [0.05, 0.1) is 18.4 Å². The number of aryl methyl sites for hydroxylation is 1. The molecule has 1 atom stereocenters. The number of halogens is 1. The number of benzene rings is 1. The molecule has 1 aliphatic heterocycles. The molecular weight excluding hydrogens is 335 g/mol. The molecule has 1 fully saturated rings. The average molecular weight is 354 g/mol. The van der Waals surface area contributed by atoms with Crippen molar-refractivity contribution in [1.29, 1.82) is 0 Å². The molecule has 0 bridgehead atoms. The van der Waals surface area contributed by atoms with Gasteiger partial charge in [-0.2, -0.15) is 0 Å². The number of amides is 1. The maximum atomic E-state index is 13.1. The minimum atomic E-state index is -0.312. The molecule has 1 aliphatic rings. The average Bonchev–Trinajstić information content (AvgIpc) is 3.36. The number of nitrogens with zero attached hydrogens (tertiary/aromatic N) is 2. The zero-order chi connectivity index (χ0) is 18.1. The van der Waals surface area contributed by atoms with E-state index in [0.717, 1.165) is 12.2 Å². The molecular formula is C20H19FN2O3. The number of hydrogen-bond donors (Lipinski definition) is 0. The Bertz CT molecular complexity index is 900. The fourth-order valence-corrected chi connectivity index (χ4v) is 3.31. The van der Waals surface area contributed by atoms with E-state index in [9.17, 15) is 9.18 Å². The van der Waals surface area contributed by atoms with Crippen molar-refractivity contribution in [2.24, 2.45) is 0 Å². The molecule has 3 heterocycles. The lowest BCUT2D eigenvalue weighted by Crippen LogP contribution is -2.30. The van der Waals surface area contributed by atoms with Crippen molar-refractivity contribution >= 4 is 5.91 Å². The lowest BCUT2D eigenvalue weighted by molar-refractivity contribution is -0.129. The zero-order valence-corrected chi connectivity index (χ0v) is 14.4. The second-order valence-electron chi connectivity index (χ2n) is 6.55. The first-order chi connectivity index (χ1) is 12.6. The van der Waals surface area contributed by atoms with E-state index in [1.807, 2.05) is 17.0 Å². The van der Waals surface area contributed by atoms with E-state index >= 15 is 0 Å². The zero-order valence-electron chi connectivity index (χ0n) is 14.4. The SMILES string of the molecule is Cc1oc(-c2ccc(F)cc2)nc1CC(=O)N1CCC(c2ccco2)C1. The number of rotatable bonds is 4. The van der Waals surface area contributed by atoms with Crippen LogP contribution < -0.4 is 0 Å². The van der Waals surface area contributed by atoms with Gasteiger partial charge in [0.1, 0.15) is 17.3 Å². The van der Waals surface area contributed by atoms with Gasteiger partial charge in [-0.3, -0.25) is 4.79 Å². The molecule has 0 radical (unpaired) electrons. The fraction of sp³-hybridized carbons (Fsp3) is 0.300. The summed E-state index contributed by atoms with van der Waals surface area (Å²) in [4.78, 5) is 18.9. The van der Waals surface area contributed by atoms with Crippen molar-refractivity contribution < 1.29 is 18.0 Å². The number of oxazole rings is 1. The van der Waals surface area contributed by atoms with Crippen LogP contribution in [0, 0.1) is 12.7 Å². The second kappa shape index (κ2) is 6.78. The van der Waals surface area contributed by atoms with Crippen LogP contribution >= 0.6 is 0 Å². The van der Waals surface area contributed by atoms with Gasteiger partial charge < -0.3 is 13.7 Å². The van der Waals surface area contributed by atoms with E-state index in [1.54, 1.807) is 25.3 Å². The maximum Gasteiger partial charge on any atom is 0.228 e. The number of carbonyl (C=O) groups is 1. The highest BCUT2D eigenvalue weighted by Gasteiger charge is 2.29. The van der Waals surface area contributed by atoms with Crippen molar-refractivity contribution in [3.8, 4) is 11.5 Å². The van der Waals surface area contributed by atoms with Crippen molar-refractivity contribution in [1.82, 2.24) is 9.88 Å². The highest BCUT2D eigenvalue weighted by molar-refractivity contribution is 5.79. The van der Waals surface area contributed by atoms with Crippen LogP contribution in [0.5, 0.6) is 0 Å². The first-order valence-electron chi connectivity index (χ1n) is 8.63. The van der Waals surface area contributed by atoms with Crippen molar-refractivity contribution in [3.63, 3.8) is 0 Å². The number of likely N-dealkylation sites (tertiary alicyclic amines) is 1. The topological polar surface area (TPSA) is 59.5 Å². The molecule has 6 heteroatoms.